The minimum atomic E-state index is -0.331. The third-order valence-corrected chi connectivity index (χ3v) is 2.40. The van der Waals surface area contributed by atoms with Gasteiger partial charge in [0.1, 0.15) is 0 Å². The van der Waals surface area contributed by atoms with Crippen LogP contribution < -0.4 is 0 Å². The van der Waals surface area contributed by atoms with Crippen LogP contribution in [-0.4, -0.2) is 13.1 Å². The van der Waals surface area contributed by atoms with E-state index in [-0.39, 0.29) is 5.97 Å². The Hall–Kier alpha value is -1.54. The average Bonchev–Trinajstić information content (AvgIpc) is 2.29. The normalized spacial score (nSPS) is 11.1. The van der Waals surface area contributed by atoms with Crippen molar-refractivity contribution in [1.29, 1.82) is 0 Å². The first-order chi connectivity index (χ1) is 8.02. The number of carbonyl (C=O) groups is 1. The van der Waals surface area contributed by atoms with Gasteiger partial charge in [-0.25, -0.2) is 4.79 Å². The number of halogens is 1. The van der Waals surface area contributed by atoms with Crippen LogP contribution in [0.1, 0.15) is 18.9 Å². The molecule has 0 saturated carbocycles. The summed E-state index contributed by atoms with van der Waals surface area (Å²) >= 11 is 5.80. The molecule has 0 saturated heterocycles. The second kappa shape index (κ2) is 6.26. The summed E-state index contributed by atoms with van der Waals surface area (Å²) in [6.07, 6.45) is 2.30. The molecular formula is C14H15ClO2. The molecule has 0 aromatic heterocycles. The van der Waals surface area contributed by atoms with Crippen molar-refractivity contribution in [1.82, 2.24) is 0 Å². The van der Waals surface area contributed by atoms with Crippen molar-refractivity contribution in [3.63, 3.8) is 0 Å². The lowest BCUT2D eigenvalue weighted by molar-refractivity contribution is -0.136. The van der Waals surface area contributed by atoms with Crippen molar-refractivity contribution < 1.29 is 9.53 Å². The highest BCUT2D eigenvalue weighted by Gasteiger charge is 2.09. The summed E-state index contributed by atoms with van der Waals surface area (Å²) < 4.78 is 4.73. The van der Waals surface area contributed by atoms with Crippen molar-refractivity contribution in [2.45, 2.75) is 13.3 Å². The van der Waals surface area contributed by atoms with Gasteiger partial charge >= 0.3 is 5.97 Å². The van der Waals surface area contributed by atoms with Gasteiger partial charge in [0.25, 0.3) is 0 Å². The van der Waals surface area contributed by atoms with Crippen LogP contribution in [0.4, 0.5) is 0 Å². The minimum absolute atomic E-state index is 0.331. The van der Waals surface area contributed by atoms with E-state index < -0.39 is 0 Å². The molecule has 0 N–H and O–H groups in total. The average molecular weight is 251 g/mol. The topological polar surface area (TPSA) is 26.3 Å². The third-order valence-electron chi connectivity index (χ3n) is 2.15. The van der Waals surface area contributed by atoms with Crippen molar-refractivity contribution >= 4 is 23.6 Å². The maximum Gasteiger partial charge on any atom is 0.334 e. The van der Waals surface area contributed by atoms with E-state index in [9.17, 15) is 4.79 Å². The molecule has 0 bridgehead atoms. The van der Waals surface area contributed by atoms with Gasteiger partial charge in [-0.3, -0.25) is 0 Å². The Morgan fingerprint density at radius 2 is 2.00 bits per heavy atom. The van der Waals surface area contributed by atoms with Gasteiger partial charge < -0.3 is 4.74 Å². The van der Waals surface area contributed by atoms with E-state index in [0.29, 0.717) is 17.0 Å². The van der Waals surface area contributed by atoms with E-state index in [0.717, 1.165) is 11.1 Å². The van der Waals surface area contributed by atoms with Gasteiger partial charge in [0.05, 0.1) is 7.11 Å². The fourth-order valence-electron chi connectivity index (χ4n) is 1.40. The number of allylic oxidation sites excluding steroid dienone is 1. The molecule has 0 aliphatic carbocycles. The largest absolute Gasteiger partial charge is 0.466 e. The Labute approximate surface area is 107 Å². The standard InChI is InChI=1S/C14H15ClO2/c1-10(2)8-12(14(16)17-3)9-11-4-6-13(15)7-5-11/h4-7,9H,1,8H2,2-3H3/b12-9+. The zero-order chi connectivity index (χ0) is 12.8. The van der Waals surface area contributed by atoms with Crippen LogP contribution in [-0.2, 0) is 9.53 Å². The Balaban J connectivity index is 3.00. The molecule has 0 amide bonds. The molecule has 3 heteroatoms. The smallest absolute Gasteiger partial charge is 0.334 e. The molecule has 17 heavy (non-hydrogen) atoms. The van der Waals surface area contributed by atoms with E-state index >= 15 is 0 Å². The SMILES string of the molecule is C=C(C)C/C(=C\c1ccc(Cl)cc1)C(=O)OC. The lowest BCUT2D eigenvalue weighted by atomic mass is 10.0. The molecule has 1 aromatic rings. The van der Waals surface area contributed by atoms with Gasteiger partial charge in [0.15, 0.2) is 0 Å². The lowest BCUT2D eigenvalue weighted by Gasteiger charge is -2.05. The summed E-state index contributed by atoms with van der Waals surface area (Å²) in [7, 11) is 1.37. The molecule has 90 valence electrons. The van der Waals surface area contributed by atoms with Gasteiger partial charge in [-0.1, -0.05) is 35.9 Å². The lowest BCUT2D eigenvalue weighted by Crippen LogP contribution is -2.05. The van der Waals surface area contributed by atoms with Crippen molar-refractivity contribution in [2.75, 3.05) is 7.11 Å². The second-order valence-electron chi connectivity index (χ2n) is 3.85. The number of methoxy groups -OCH3 is 1. The molecule has 0 fully saturated rings. The maximum absolute atomic E-state index is 11.6. The molecule has 0 atom stereocenters. The quantitative estimate of drug-likeness (QED) is 0.461. The predicted octanol–water partition coefficient (Wildman–Crippen LogP) is 3.86. The molecule has 1 rings (SSSR count). The molecular weight excluding hydrogens is 236 g/mol. The van der Waals surface area contributed by atoms with Crippen LogP contribution in [0.15, 0.2) is 42.0 Å². The van der Waals surface area contributed by atoms with Crippen molar-refractivity contribution in [2.24, 2.45) is 0 Å². The van der Waals surface area contributed by atoms with Crippen LogP contribution in [0.25, 0.3) is 6.08 Å². The Kier molecular flexibility index (Phi) is 4.98. The zero-order valence-corrected chi connectivity index (χ0v) is 10.8. The summed E-state index contributed by atoms with van der Waals surface area (Å²) in [5.74, 6) is -0.331. The van der Waals surface area contributed by atoms with E-state index in [4.69, 9.17) is 16.3 Å². The third kappa shape index (κ3) is 4.45. The monoisotopic (exact) mass is 250 g/mol. The Morgan fingerprint density at radius 1 is 1.41 bits per heavy atom. The summed E-state index contributed by atoms with van der Waals surface area (Å²) in [4.78, 5) is 11.6. The molecule has 0 unspecified atom stereocenters. The fourth-order valence-corrected chi connectivity index (χ4v) is 1.52. The molecule has 0 spiro atoms. The first-order valence-corrected chi connectivity index (χ1v) is 5.59. The number of hydrogen-bond donors (Lipinski definition) is 0. The molecule has 0 aliphatic heterocycles. The first-order valence-electron chi connectivity index (χ1n) is 5.21. The van der Waals surface area contributed by atoms with Gasteiger partial charge in [0, 0.05) is 10.6 Å². The van der Waals surface area contributed by atoms with E-state index in [2.05, 4.69) is 6.58 Å². The van der Waals surface area contributed by atoms with E-state index in [1.807, 2.05) is 19.1 Å². The summed E-state index contributed by atoms with van der Waals surface area (Å²) in [5, 5.41) is 0.668. The fraction of sp³-hybridized carbons (Fsp3) is 0.214. The van der Waals surface area contributed by atoms with E-state index in [1.54, 1.807) is 18.2 Å². The molecule has 0 heterocycles. The Morgan fingerprint density at radius 3 is 2.47 bits per heavy atom. The van der Waals surface area contributed by atoms with Crippen LogP contribution in [0.5, 0.6) is 0 Å². The number of ether oxygens (including phenoxy) is 1. The van der Waals surface area contributed by atoms with Gasteiger partial charge in [0.2, 0.25) is 0 Å². The minimum Gasteiger partial charge on any atom is -0.466 e. The predicted molar refractivity (Wildman–Crippen MR) is 70.9 cm³/mol. The zero-order valence-electron chi connectivity index (χ0n) is 10.00. The number of carbonyl (C=O) groups excluding carboxylic acids is 1. The number of esters is 1. The van der Waals surface area contributed by atoms with Gasteiger partial charge in [-0.2, -0.15) is 0 Å². The summed E-state index contributed by atoms with van der Waals surface area (Å²) in [6, 6.07) is 7.26. The van der Waals surface area contributed by atoms with Gasteiger partial charge in [-0.15, -0.1) is 0 Å². The molecule has 0 aliphatic rings. The highest BCUT2D eigenvalue weighted by molar-refractivity contribution is 6.30. The molecule has 1 aromatic carbocycles. The summed E-state index contributed by atoms with van der Waals surface area (Å²) in [6.45, 7) is 5.67. The highest BCUT2D eigenvalue weighted by atomic mass is 35.5. The Bertz CT molecular complexity index is 444. The molecule has 0 radical (unpaired) electrons. The summed E-state index contributed by atoms with van der Waals surface area (Å²) in [5.41, 5.74) is 2.41. The second-order valence-corrected chi connectivity index (χ2v) is 4.28. The highest BCUT2D eigenvalue weighted by Crippen LogP contribution is 2.17. The number of rotatable bonds is 4. The van der Waals surface area contributed by atoms with E-state index in [1.165, 1.54) is 7.11 Å². The van der Waals surface area contributed by atoms with Crippen molar-refractivity contribution in [3.05, 3.63) is 52.6 Å². The molecule has 2 nitrogen and oxygen atoms in total. The number of hydrogen-bond acceptors (Lipinski definition) is 2. The van der Waals surface area contributed by atoms with Crippen molar-refractivity contribution in [3.8, 4) is 0 Å². The van der Waals surface area contributed by atoms with Crippen LogP contribution in [0.3, 0.4) is 0 Å². The van der Waals surface area contributed by atoms with Crippen LogP contribution in [0, 0.1) is 0 Å². The number of benzene rings is 1. The van der Waals surface area contributed by atoms with Gasteiger partial charge in [-0.05, 0) is 37.1 Å². The first kappa shape index (κ1) is 13.5. The van der Waals surface area contributed by atoms with Crippen LogP contribution in [0.2, 0.25) is 5.02 Å². The maximum atomic E-state index is 11.6. The van der Waals surface area contributed by atoms with Crippen LogP contribution >= 0.6 is 11.6 Å².